The molecule has 0 aromatic heterocycles. The van der Waals surface area contributed by atoms with Gasteiger partial charge in [-0.2, -0.15) is 0 Å². The zero-order valence-electron chi connectivity index (χ0n) is 11.7. The lowest BCUT2D eigenvalue weighted by Gasteiger charge is -2.09. The summed E-state index contributed by atoms with van der Waals surface area (Å²) in [7, 11) is 0. The van der Waals surface area contributed by atoms with Crippen LogP contribution in [0.3, 0.4) is 0 Å². The van der Waals surface area contributed by atoms with E-state index in [1.165, 1.54) is 6.07 Å². The van der Waals surface area contributed by atoms with Gasteiger partial charge in [0.25, 0.3) is 0 Å². The van der Waals surface area contributed by atoms with Crippen LogP contribution in [0.2, 0.25) is 0 Å². The second-order valence-electron chi connectivity index (χ2n) is 5.05. The number of carbonyl (C=O) groups excluding carboxylic acids is 2. The van der Waals surface area contributed by atoms with Crippen molar-refractivity contribution in [2.45, 2.75) is 0 Å². The number of carbonyl (C=O) groups is 2. The van der Waals surface area contributed by atoms with Gasteiger partial charge in [0, 0.05) is 11.1 Å². The Hall–Kier alpha value is -3.14. The maximum atomic E-state index is 11.7. The van der Waals surface area contributed by atoms with Crippen LogP contribution in [-0.4, -0.2) is 11.8 Å². The van der Waals surface area contributed by atoms with Crippen molar-refractivity contribution in [3.05, 3.63) is 71.8 Å². The number of rotatable bonds is 3. The lowest BCUT2D eigenvalue weighted by molar-refractivity contribution is 0.0999. The molecule has 0 bridgehead atoms. The van der Waals surface area contributed by atoms with Gasteiger partial charge in [-0.3, -0.25) is 9.59 Å². The van der Waals surface area contributed by atoms with Gasteiger partial charge < -0.3 is 11.5 Å². The summed E-state index contributed by atoms with van der Waals surface area (Å²) in [6.45, 7) is 0. The van der Waals surface area contributed by atoms with Gasteiger partial charge in [0.2, 0.25) is 11.8 Å². The number of nitrogens with two attached hydrogens (primary N) is 2. The molecule has 0 saturated carbocycles. The molecule has 0 unspecified atom stereocenters. The Morgan fingerprint density at radius 1 is 0.727 bits per heavy atom. The minimum atomic E-state index is -0.591. The van der Waals surface area contributed by atoms with Crippen LogP contribution < -0.4 is 11.5 Å². The standard InChI is InChI=1S/C18H14N2O2/c19-17(21)14-7-8-15(16(10-14)18(20)22)13-6-5-11-3-1-2-4-12(11)9-13/h1-10H,(H2,19,21)(H2,20,22). The Balaban J connectivity index is 2.20. The van der Waals surface area contributed by atoms with Gasteiger partial charge in [0.1, 0.15) is 0 Å². The second kappa shape index (κ2) is 5.33. The number of hydrogen-bond donors (Lipinski definition) is 2. The van der Waals surface area contributed by atoms with Crippen LogP contribution in [0, 0.1) is 0 Å². The SMILES string of the molecule is NC(=O)c1ccc(-c2ccc3ccccc3c2)c(C(N)=O)c1. The zero-order chi connectivity index (χ0) is 15.7. The summed E-state index contributed by atoms with van der Waals surface area (Å²) in [5.74, 6) is -1.18. The van der Waals surface area contributed by atoms with Crippen LogP contribution in [0.5, 0.6) is 0 Å². The van der Waals surface area contributed by atoms with Gasteiger partial charge in [-0.15, -0.1) is 0 Å². The van der Waals surface area contributed by atoms with Crippen LogP contribution in [0.1, 0.15) is 20.7 Å². The molecule has 4 nitrogen and oxygen atoms in total. The van der Waals surface area contributed by atoms with Crippen LogP contribution >= 0.6 is 0 Å². The molecule has 22 heavy (non-hydrogen) atoms. The Kier molecular flexibility index (Phi) is 3.35. The van der Waals surface area contributed by atoms with Crippen molar-refractivity contribution in [2.75, 3.05) is 0 Å². The molecular weight excluding hydrogens is 276 g/mol. The summed E-state index contributed by atoms with van der Waals surface area (Å²) >= 11 is 0. The summed E-state index contributed by atoms with van der Waals surface area (Å²) in [4.78, 5) is 23.0. The average Bonchev–Trinajstić information content (AvgIpc) is 2.53. The molecule has 0 saturated heterocycles. The molecule has 0 atom stereocenters. The molecule has 0 aliphatic rings. The van der Waals surface area contributed by atoms with E-state index in [2.05, 4.69) is 0 Å². The van der Waals surface area contributed by atoms with Crippen molar-refractivity contribution in [1.29, 1.82) is 0 Å². The van der Waals surface area contributed by atoms with Crippen LogP contribution in [-0.2, 0) is 0 Å². The van der Waals surface area contributed by atoms with E-state index < -0.39 is 11.8 Å². The normalized spacial score (nSPS) is 10.5. The molecule has 4 heteroatoms. The minimum Gasteiger partial charge on any atom is -0.366 e. The first kappa shape index (κ1) is 13.8. The minimum absolute atomic E-state index is 0.262. The van der Waals surface area contributed by atoms with Gasteiger partial charge in [-0.1, -0.05) is 42.5 Å². The van der Waals surface area contributed by atoms with E-state index in [9.17, 15) is 9.59 Å². The van der Waals surface area contributed by atoms with Gasteiger partial charge in [0.15, 0.2) is 0 Å². The third kappa shape index (κ3) is 2.42. The molecule has 3 aromatic carbocycles. The lowest BCUT2D eigenvalue weighted by atomic mass is 9.95. The average molecular weight is 290 g/mol. The monoisotopic (exact) mass is 290 g/mol. The molecule has 3 rings (SSSR count). The first-order valence-corrected chi connectivity index (χ1v) is 6.79. The van der Waals surface area contributed by atoms with Crippen molar-refractivity contribution in [1.82, 2.24) is 0 Å². The number of benzene rings is 3. The van der Waals surface area contributed by atoms with Gasteiger partial charge in [-0.25, -0.2) is 0 Å². The van der Waals surface area contributed by atoms with E-state index in [4.69, 9.17) is 11.5 Å². The summed E-state index contributed by atoms with van der Waals surface area (Å²) in [6.07, 6.45) is 0. The lowest BCUT2D eigenvalue weighted by Crippen LogP contribution is -2.16. The van der Waals surface area contributed by atoms with Crippen LogP contribution in [0.25, 0.3) is 21.9 Å². The fraction of sp³-hybridized carbons (Fsp3) is 0. The number of amides is 2. The van der Waals surface area contributed by atoms with Crippen molar-refractivity contribution in [3.63, 3.8) is 0 Å². The number of fused-ring (bicyclic) bond motifs is 1. The van der Waals surface area contributed by atoms with Crippen molar-refractivity contribution in [3.8, 4) is 11.1 Å². The third-order valence-electron chi connectivity index (χ3n) is 3.63. The summed E-state index contributed by atoms with van der Waals surface area (Å²) < 4.78 is 0. The topological polar surface area (TPSA) is 86.2 Å². The molecular formula is C18H14N2O2. The molecule has 0 aliphatic carbocycles. The smallest absolute Gasteiger partial charge is 0.249 e. The highest BCUT2D eigenvalue weighted by molar-refractivity contribution is 6.04. The van der Waals surface area contributed by atoms with E-state index >= 15 is 0 Å². The summed E-state index contributed by atoms with van der Waals surface area (Å²) in [6, 6.07) is 18.6. The Morgan fingerprint density at radius 2 is 1.45 bits per heavy atom. The van der Waals surface area contributed by atoms with E-state index in [0.717, 1.165) is 16.3 Å². The highest BCUT2D eigenvalue weighted by atomic mass is 16.1. The Labute approximate surface area is 127 Å². The largest absolute Gasteiger partial charge is 0.366 e. The summed E-state index contributed by atoms with van der Waals surface area (Å²) in [5.41, 5.74) is 12.8. The second-order valence-corrected chi connectivity index (χ2v) is 5.05. The molecule has 2 amide bonds. The van der Waals surface area contributed by atoms with Crippen LogP contribution in [0.15, 0.2) is 60.7 Å². The number of hydrogen-bond acceptors (Lipinski definition) is 2. The molecule has 0 radical (unpaired) electrons. The van der Waals surface area contributed by atoms with E-state index in [1.54, 1.807) is 12.1 Å². The fourth-order valence-electron chi connectivity index (χ4n) is 2.51. The Morgan fingerprint density at radius 3 is 2.14 bits per heavy atom. The quantitative estimate of drug-likeness (QED) is 0.777. The van der Waals surface area contributed by atoms with Crippen molar-refractivity contribution in [2.24, 2.45) is 11.5 Å². The first-order valence-electron chi connectivity index (χ1n) is 6.79. The molecule has 3 aromatic rings. The predicted molar refractivity (Wildman–Crippen MR) is 86.4 cm³/mol. The number of primary amides is 2. The Bertz CT molecular complexity index is 900. The van der Waals surface area contributed by atoms with Crippen molar-refractivity contribution >= 4 is 22.6 Å². The highest BCUT2D eigenvalue weighted by Crippen LogP contribution is 2.28. The predicted octanol–water partition coefficient (Wildman–Crippen LogP) is 2.70. The van der Waals surface area contributed by atoms with Gasteiger partial charge in [-0.05, 0) is 40.1 Å². The van der Waals surface area contributed by atoms with E-state index in [1.807, 2.05) is 42.5 Å². The summed E-state index contributed by atoms with van der Waals surface area (Å²) in [5, 5.41) is 2.18. The first-order chi connectivity index (χ1) is 10.6. The van der Waals surface area contributed by atoms with Gasteiger partial charge in [0.05, 0.1) is 0 Å². The third-order valence-corrected chi connectivity index (χ3v) is 3.63. The fourth-order valence-corrected chi connectivity index (χ4v) is 2.51. The molecule has 4 N–H and O–H groups in total. The highest BCUT2D eigenvalue weighted by Gasteiger charge is 2.13. The van der Waals surface area contributed by atoms with E-state index in [-0.39, 0.29) is 11.1 Å². The van der Waals surface area contributed by atoms with Crippen molar-refractivity contribution < 1.29 is 9.59 Å². The molecule has 0 fully saturated rings. The molecule has 108 valence electrons. The van der Waals surface area contributed by atoms with Crippen LogP contribution in [0.4, 0.5) is 0 Å². The maximum absolute atomic E-state index is 11.7. The molecule has 0 aliphatic heterocycles. The molecule has 0 heterocycles. The maximum Gasteiger partial charge on any atom is 0.249 e. The molecule has 0 spiro atoms. The van der Waals surface area contributed by atoms with E-state index in [0.29, 0.717) is 5.56 Å². The zero-order valence-corrected chi connectivity index (χ0v) is 11.7. The van der Waals surface area contributed by atoms with Gasteiger partial charge >= 0.3 is 0 Å².